The molecule has 21 heavy (non-hydrogen) atoms. The number of nitrogens with zero attached hydrogens (tertiary/aromatic N) is 3. The summed E-state index contributed by atoms with van der Waals surface area (Å²) in [5.74, 6) is -0.785. The highest BCUT2D eigenvalue weighted by Crippen LogP contribution is 2.15. The van der Waals surface area contributed by atoms with Crippen molar-refractivity contribution >= 4 is 17.0 Å². The van der Waals surface area contributed by atoms with E-state index in [0.717, 1.165) is 13.1 Å². The Balaban J connectivity index is 2.59. The van der Waals surface area contributed by atoms with Crippen LogP contribution in [0, 0.1) is 20.5 Å². The van der Waals surface area contributed by atoms with Gasteiger partial charge in [-0.1, -0.05) is 12.1 Å². The maximum absolute atomic E-state index is 12.2. The van der Waals surface area contributed by atoms with E-state index < -0.39 is 23.5 Å². The van der Waals surface area contributed by atoms with Gasteiger partial charge in [-0.25, -0.2) is 0 Å². The first-order valence-corrected chi connectivity index (χ1v) is 5.93. The van der Waals surface area contributed by atoms with Crippen molar-refractivity contribution in [1.82, 2.24) is 0 Å². The molecule has 110 valence electrons. The summed E-state index contributed by atoms with van der Waals surface area (Å²) in [5.41, 5.74) is -0.153. The van der Waals surface area contributed by atoms with Crippen molar-refractivity contribution in [3.05, 3.63) is 56.7 Å². The molecule has 1 aromatic carbocycles. The number of nitro groups is 1. The van der Waals surface area contributed by atoms with E-state index in [9.17, 15) is 25.3 Å². The van der Waals surface area contributed by atoms with Crippen LogP contribution in [0.4, 0.5) is 0 Å². The van der Waals surface area contributed by atoms with E-state index in [1.165, 1.54) is 12.1 Å². The number of rotatable bonds is 4. The van der Waals surface area contributed by atoms with Gasteiger partial charge in [0.05, 0.1) is 0 Å². The second-order valence-corrected chi connectivity index (χ2v) is 4.28. The van der Waals surface area contributed by atoms with Gasteiger partial charge < -0.3 is 15.2 Å². The average Bonchev–Trinajstić information content (AvgIpc) is 2.41. The van der Waals surface area contributed by atoms with Gasteiger partial charge in [0, 0.05) is 24.0 Å². The second-order valence-electron chi connectivity index (χ2n) is 4.28. The fourth-order valence-electron chi connectivity index (χ4n) is 1.94. The van der Waals surface area contributed by atoms with Crippen LogP contribution in [-0.4, -0.2) is 17.4 Å². The van der Waals surface area contributed by atoms with E-state index in [0.29, 0.717) is 9.46 Å². The lowest BCUT2D eigenvalue weighted by molar-refractivity contribution is -0.640. The molecular formula is C12H11N3O6. The molecule has 0 radical (unpaired) electrons. The van der Waals surface area contributed by atoms with E-state index in [1.807, 2.05) is 0 Å². The van der Waals surface area contributed by atoms with Crippen LogP contribution < -0.4 is 9.46 Å². The maximum Gasteiger partial charge on any atom is 0.306 e. The van der Waals surface area contributed by atoms with Crippen LogP contribution in [-0.2, 0) is 9.53 Å². The molecule has 0 bridgehead atoms. The fourth-order valence-corrected chi connectivity index (χ4v) is 1.94. The van der Waals surface area contributed by atoms with E-state index in [1.54, 1.807) is 12.1 Å². The number of hydrogen-bond acceptors (Lipinski definition) is 6. The molecule has 0 aliphatic rings. The van der Waals surface area contributed by atoms with Gasteiger partial charge in [-0.2, -0.15) is 9.46 Å². The summed E-state index contributed by atoms with van der Waals surface area (Å²) in [6.45, 7) is 0.258. The lowest BCUT2D eigenvalue weighted by atomic mass is 10.2. The lowest BCUT2D eigenvalue weighted by Crippen LogP contribution is -2.44. The van der Waals surface area contributed by atoms with Gasteiger partial charge in [-0.3, -0.25) is 14.9 Å². The predicted octanol–water partition coefficient (Wildman–Crippen LogP) is -0.0125. The van der Waals surface area contributed by atoms with Crippen molar-refractivity contribution in [2.24, 2.45) is 0 Å². The summed E-state index contributed by atoms with van der Waals surface area (Å²) in [5, 5.41) is 34.8. The summed E-state index contributed by atoms with van der Waals surface area (Å²) < 4.78 is 5.55. The zero-order valence-electron chi connectivity index (χ0n) is 11.0. The Morgan fingerprint density at radius 3 is 2.52 bits per heavy atom. The number of carbonyl (C=O) groups excluding carboxylic acids is 1. The molecule has 1 atom stereocenters. The van der Waals surface area contributed by atoms with E-state index >= 15 is 0 Å². The Hall–Kier alpha value is -2.97. The Morgan fingerprint density at radius 1 is 1.33 bits per heavy atom. The number of carbonyl (C=O) groups is 1. The summed E-state index contributed by atoms with van der Waals surface area (Å²) in [4.78, 5) is 20.9. The molecule has 9 nitrogen and oxygen atoms in total. The number of aromatic nitrogens is 2. The highest BCUT2D eigenvalue weighted by atomic mass is 16.6. The number of benzene rings is 1. The average molecular weight is 293 g/mol. The molecule has 0 saturated carbocycles. The van der Waals surface area contributed by atoms with Crippen LogP contribution in [0.25, 0.3) is 11.0 Å². The zero-order chi connectivity index (χ0) is 15.6. The first kappa shape index (κ1) is 14.4. The normalized spacial score (nSPS) is 12.0. The predicted molar refractivity (Wildman–Crippen MR) is 68.2 cm³/mol. The number of ether oxygens (including phenoxy) is 1. The minimum absolute atomic E-state index is 0.0329. The summed E-state index contributed by atoms with van der Waals surface area (Å²) >= 11 is 0. The van der Waals surface area contributed by atoms with Crippen LogP contribution in [0.5, 0.6) is 0 Å². The number of hydrogen-bond donors (Lipinski definition) is 0. The van der Waals surface area contributed by atoms with Gasteiger partial charge in [-0.15, -0.1) is 0 Å². The summed E-state index contributed by atoms with van der Waals surface area (Å²) in [6.07, 6.45) is -0.549. The Morgan fingerprint density at radius 2 is 1.95 bits per heavy atom. The number of esters is 1. The highest BCUT2D eigenvalue weighted by Gasteiger charge is 2.33. The van der Waals surface area contributed by atoms with E-state index in [2.05, 4.69) is 0 Å². The quantitative estimate of drug-likeness (QED) is 0.257. The molecule has 1 aromatic heterocycles. The number of fused-ring (bicyclic) bond motifs is 1. The molecule has 0 fully saturated rings. The maximum atomic E-state index is 12.2. The fraction of sp³-hybridized carbons (Fsp3) is 0.250. The minimum Gasteiger partial charge on any atom is -0.618 e. The molecule has 0 N–H and O–H groups in total. The molecular weight excluding hydrogens is 282 g/mol. The molecule has 0 amide bonds. The lowest BCUT2D eigenvalue weighted by Gasteiger charge is -2.13. The summed E-state index contributed by atoms with van der Waals surface area (Å²) in [6, 6.07) is 5.97. The van der Waals surface area contributed by atoms with Gasteiger partial charge in [0.25, 0.3) is 29.9 Å². The minimum atomic E-state index is -1.43. The van der Waals surface area contributed by atoms with Crippen LogP contribution in [0.2, 0.25) is 0 Å². The standard InChI is InChI=1S/C12H11N3O6/c1-8(16)21-12(7-14(18)19)11-6-13(17)9-4-2-3-5-10(9)15(11)20/h2-6,12H,7H2,1H3. The molecule has 0 spiro atoms. The molecule has 2 rings (SSSR count). The molecule has 1 unspecified atom stereocenters. The van der Waals surface area contributed by atoms with Gasteiger partial charge in [0.2, 0.25) is 0 Å². The van der Waals surface area contributed by atoms with Crippen molar-refractivity contribution in [2.75, 3.05) is 6.54 Å². The van der Waals surface area contributed by atoms with Crippen molar-refractivity contribution in [3.8, 4) is 0 Å². The smallest absolute Gasteiger partial charge is 0.306 e. The van der Waals surface area contributed by atoms with Gasteiger partial charge in [0.15, 0.2) is 0 Å². The molecule has 0 aliphatic carbocycles. The molecule has 0 aliphatic heterocycles. The second kappa shape index (κ2) is 5.57. The van der Waals surface area contributed by atoms with Crippen molar-refractivity contribution in [2.45, 2.75) is 13.0 Å². The first-order chi connectivity index (χ1) is 9.90. The molecule has 1 heterocycles. The van der Waals surface area contributed by atoms with Gasteiger partial charge >= 0.3 is 11.7 Å². The Labute approximate surface area is 118 Å². The third kappa shape index (κ3) is 2.96. The molecule has 2 aromatic rings. The topological polar surface area (TPSA) is 123 Å². The van der Waals surface area contributed by atoms with Gasteiger partial charge in [0.1, 0.15) is 0 Å². The van der Waals surface area contributed by atoms with Crippen LogP contribution >= 0.6 is 0 Å². The van der Waals surface area contributed by atoms with Crippen LogP contribution in [0.15, 0.2) is 30.5 Å². The van der Waals surface area contributed by atoms with E-state index in [-0.39, 0.29) is 16.7 Å². The third-order valence-electron chi connectivity index (χ3n) is 2.77. The van der Waals surface area contributed by atoms with Crippen molar-refractivity contribution in [3.63, 3.8) is 0 Å². The largest absolute Gasteiger partial charge is 0.618 e. The van der Waals surface area contributed by atoms with Crippen LogP contribution in [0.1, 0.15) is 18.7 Å². The Bertz CT molecular complexity index is 701. The van der Waals surface area contributed by atoms with E-state index in [4.69, 9.17) is 4.74 Å². The van der Waals surface area contributed by atoms with Crippen LogP contribution in [0.3, 0.4) is 0 Å². The number of para-hydroxylation sites is 2. The summed E-state index contributed by atoms with van der Waals surface area (Å²) in [7, 11) is 0. The molecule has 9 heteroatoms. The van der Waals surface area contributed by atoms with Crippen molar-refractivity contribution < 1.29 is 23.9 Å². The Kier molecular flexibility index (Phi) is 3.83. The highest BCUT2D eigenvalue weighted by molar-refractivity contribution is 5.67. The third-order valence-corrected chi connectivity index (χ3v) is 2.77. The zero-order valence-corrected chi connectivity index (χ0v) is 11.0. The molecule has 0 saturated heterocycles. The van der Waals surface area contributed by atoms with Crippen molar-refractivity contribution in [1.29, 1.82) is 0 Å². The first-order valence-electron chi connectivity index (χ1n) is 5.93. The van der Waals surface area contributed by atoms with Gasteiger partial charge in [-0.05, 0) is 0 Å². The monoisotopic (exact) mass is 293 g/mol. The SMILES string of the molecule is CC(=O)OC(C[N+](=O)[O-])c1c[n+]([O-])c2ccccc2[n+]1[O-].